The second kappa shape index (κ2) is 6.34. The van der Waals surface area contributed by atoms with E-state index in [1.165, 1.54) is 6.92 Å². The van der Waals surface area contributed by atoms with E-state index in [-0.39, 0.29) is 18.9 Å². The number of hydrogen-bond acceptors (Lipinski definition) is 6. The van der Waals surface area contributed by atoms with Crippen LogP contribution in [0.3, 0.4) is 0 Å². The zero-order chi connectivity index (χ0) is 13.7. The molecule has 0 spiro atoms. The van der Waals surface area contributed by atoms with Crippen LogP contribution in [0.2, 0.25) is 0 Å². The first-order valence-corrected chi connectivity index (χ1v) is 5.80. The lowest BCUT2D eigenvalue weighted by molar-refractivity contribution is -0.175. The van der Waals surface area contributed by atoms with E-state index >= 15 is 0 Å². The van der Waals surface area contributed by atoms with Crippen LogP contribution in [0, 0.1) is 0 Å². The van der Waals surface area contributed by atoms with E-state index in [0.29, 0.717) is 6.42 Å². The first-order chi connectivity index (χ1) is 8.45. The highest BCUT2D eigenvalue weighted by Crippen LogP contribution is 2.11. The van der Waals surface area contributed by atoms with Crippen LogP contribution in [0.15, 0.2) is 0 Å². The van der Waals surface area contributed by atoms with Crippen LogP contribution in [-0.2, 0) is 23.9 Å². The van der Waals surface area contributed by atoms with Crippen molar-refractivity contribution in [1.29, 1.82) is 0 Å². The molecule has 0 aromatic rings. The molecule has 0 saturated carbocycles. The van der Waals surface area contributed by atoms with Gasteiger partial charge in [0, 0.05) is 6.42 Å². The summed E-state index contributed by atoms with van der Waals surface area (Å²) in [6.45, 7) is 3.05. The fraction of sp³-hybridized carbons (Fsp3) is 0.727. The quantitative estimate of drug-likeness (QED) is 0.622. The highest BCUT2D eigenvalue weighted by atomic mass is 16.6. The van der Waals surface area contributed by atoms with Gasteiger partial charge in [0.25, 0.3) is 0 Å². The first kappa shape index (κ1) is 14.4. The largest absolute Gasteiger partial charge is 0.463 e. The van der Waals surface area contributed by atoms with Gasteiger partial charge in [-0.05, 0) is 20.3 Å². The molecule has 3 unspecified atom stereocenters. The molecule has 1 heterocycles. The number of carbonyl (C=O) groups excluding carboxylic acids is 3. The SMILES string of the molecule is CCOC(=O)C(OC(=O)C1CCC(=O)N1)C(C)O. The monoisotopic (exact) mass is 259 g/mol. The average molecular weight is 259 g/mol. The zero-order valence-corrected chi connectivity index (χ0v) is 10.3. The maximum atomic E-state index is 11.7. The standard InChI is InChI=1S/C11H17NO6/c1-3-17-11(16)9(6(2)13)18-10(15)7-4-5-8(14)12-7/h6-7,9,13H,3-5H2,1-2H3,(H,12,14). The van der Waals surface area contributed by atoms with Crippen LogP contribution in [0.25, 0.3) is 0 Å². The normalized spacial score (nSPS) is 21.9. The van der Waals surface area contributed by atoms with Crippen LogP contribution in [0.5, 0.6) is 0 Å². The maximum absolute atomic E-state index is 11.7. The second-order valence-electron chi connectivity index (χ2n) is 4.01. The molecule has 0 aromatic carbocycles. The predicted octanol–water partition coefficient (Wildman–Crippen LogP) is -0.879. The van der Waals surface area contributed by atoms with Gasteiger partial charge in [-0.15, -0.1) is 0 Å². The summed E-state index contributed by atoms with van der Waals surface area (Å²) in [6.07, 6.45) is -1.97. The van der Waals surface area contributed by atoms with Crippen molar-refractivity contribution in [3.8, 4) is 0 Å². The van der Waals surface area contributed by atoms with Crippen molar-refractivity contribution < 1.29 is 29.0 Å². The van der Waals surface area contributed by atoms with Crippen LogP contribution in [-0.4, -0.2) is 47.8 Å². The van der Waals surface area contributed by atoms with E-state index in [2.05, 4.69) is 10.1 Å². The molecule has 0 aliphatic carbocycles. The van der Waals surface area contributed by atoms with E-state index in [4.69, 9.17) is 4.74 Å². The highest BCUT2D eigenvalue weighted by Gasteiger charge is 2.34. The van der Waals surface area contributed by atoms with Crippen molar-refractivity contribution in [3.05, 3.63) is 0 Å². The molecular formula is C11H17NO6. The Kier molecular flexibility index (Phi) is 5.08. The third kappa shape index (κ3) is 3.69. The van der Waals surface area contributed by atoms with Gasteiger partial charge < -0.3 is 19.9 Å². The Hall–Kier alpha value is -1.63. The molecule has 1 saturated heterocycles. The number of amides is 1. The molecule has 1 aliphatic rings. The lowest BCUT2D eigenvalue weighted by Gasteiger charge is -2.20. The summed E-state index contributed by atoms with van der Waals surface area (Å²) in [6, 6.07) is -0.756. The summed E-state index contributed by atoms with van der Waals surface area (Å²) < 4.78 is 9.57. The van der Waals surface area contributed by atoms with Crippen LogP contribution < -0.4 is 5.32 Å². The Morgan fingerprint density at radius 1 is 1.56 bits per heavy atom. The van der Waals surface area contributed by atoms with Gasteiger partial charge in [-0.2, -0.15) is 0 Å². The summed E-state index contributed by atoms with van der Waals surface area (Å²) in [7, 11) is 0. The van der Waals surface area contributed by atoms with Gasteiger partial charge >= 0.3 is 11.9 Å². The number of nitrogens with one attached hydrogen (secondary N) is 1. The van der Waals surface area contributed by atoms with Gasteiger partial charge in [-0.3, -0.25) is 4.79 Å². The number of hydrogen-bond donors (Lipinski definition) is 2. The molecular weight excluding hydrogens is 242 g/mol. The van der Waals surface area contributed by atoms with Crippen LogP contribution in [0.4, 0.5) is 0 Å². The van der Waals surface area contributed by atoms with Gasteiger partial charge in [0.15, 0.2) is 0 Å². The molecule has 3 atom stereocenters. The summed E-state index contributed by atoms with van der Waals surface area (Å²) in [4.78, 5) is 34.1. The zero-order valence-electron chi connectivity index (χ0n) is 10.3. The molecule has 0 bridgehead atoms. The third-order valence-electron chi connectivity index (χ3n) is 2.48. The highest BCUT2D eigenvalue weighted by molar-refractivity contribution is 5.89. The van der Waals surface area contributed by atoms with E-state index in [0.717, 1.165) is 0 Å². The lowest BCUT2D eigenvalue weighted by Crippen LogP contribution is -2.43. The first-order valence-electron chi connectivity index (χ1n) is 5.80. The number of ether oxygens (including phenoxy) is 2. The van der Waals surface area contributed by atoms with Crippen molar-refractivity contribution >= 4 is 17.8 Å². The van der Waals surface area contributed by atoms with E-state index < -0.39 is 30.2 Å². The van der Waals surface area contributed by atoms with Crippen molar-refractivity contribution in [3.63, 3.8) is 0 Å². The van der Waals surface area contributed by atoms with Crippen molar-refractivity contribution in [1.82, 2.24) is 5.32 Å². The Morgan fingerprint density at radius 2 is 2.22 bits per heavy atom. The van der Waals surface area contributed by atoms with Crippen molar-refractivity contribution in [2.45, 2.75) is 44.9 Å². The number of aliphatic hydroxyl groups excluding tert-OH is 1. The minimum absolute atomic E-state index is 0.125. The Bertz CT molecular complexity index is 340. The van der Waals surface area contributed by atoms with Gasteiger partial charge in [-0.25, -0.2) is 9.59 Å². The van der Waals surface area contributed by atoms with Gasteiger partial charge in [-0.1, -0.05) is 0 Å². The maximum Gasteiger partial charge on any atom is 0.350 e. The molecule has 1 rings (SSSR count). The topological polar surface area (TPSA) is 102 Å². The number of carbonyl (C=O) groups is 3. The molecule has 7 heteroatoms. The Labute approximate surface area is 104 Å². The van der Waals surface area contributed by atoms with Crippen molar-refractivity contribution in [2.75, 3.05) is 6.61 Å². The number of rotatable bonds is 5. The third-order valence-corrected chi connectivity index (χ3v) is 2.48. The van der Waals surface area contributed by atoms with E-state index in [1.54, 1.807) is 6.92 Å². The van der Waals surface area contributed by atoms with Crippen LogP contribution in [0.1, 0.15) is 26.7 Å². The summed E-state index contributed by atoms with van der Waals surface area (Å²) >= 11 is 0. The Balaban J connectivity index is 2.58. The van der Waals surface area contributed by atoms with Gasteiger partial charge in [0.1, 0.15) is 6.04 Å². The fourth-order valence-electron chi connectivity index (χ4n) is 1.57. The number of aliphatic hydroxyl groups is 1. The minimum atomic E-state index is -1.37. The summed E-state index contributed by atoms with van der Waals surface area (Å²) in [5.41, 5.74) is 0. The molecule has 0 radical (unpaired) electrons. The molecule has 2 N–H and O–H groups in total. The minimum Gasteiger partial charge on any atom is -0.463 e. The molecule has 1 aliphatic heterocycles. The van der Waals surface area contributed by atoms with Crippen LogP contribution >= 0.6 is 0 Å². The van der Waals surface area contributed by atoms with Crippen molar-refractivity contribution in [2.24, 2.45) is 0 Å². The molecule has 1 fully saturated rings. The predicted molar refractivity (Wildman–Crippen MR) is 59.4 cm³/mol. The fourth-order valence-corrected chi connectivity index (χ4v) is 1.57. The van der Waals surface area contributed by atoms with E-state index in [1.807, 2.05) is 0 Å². The molecule has 0 aromatic heterocycles. The molecule has 102 valence electrons. The summed E-state index contributed by atoms with van der Waals surface area (Å²) in [5.74, 6) is -1.77. The molecule has 18 heavy (non-hydrogen) atoms. The van der Waals surface area contributed by atoms with Gasteiger partial charge in [0.2, 0.25) is 12.0 Å². The average Bonchev–Trinajstić information content (AvgIpc) is 2.72. The Morgan fingerprint density at radius 3 is 2.67 bits per heavy atom. The van der Waals surface area contributed by atoms with E-state index in [9.17, 15) is 19.5 Å². The molecule has 1 amide bonds. The lowest BCUT2D eigenvalue weighted by atomic mass is 10.2. The smallest absolute Gasteiger partial charge is 0.350 e. The summed E-state index contributed by atoms with van der Waals surface area (Å²) in [5, 5.41) is 11.8. The van der Waals surface area contributed by atoms with Gasteiger partial charge in [0.05, 0.1) is 12.7 Å². The number of esters is 2. The molecule has 7 nitrogen and oxygen atoms in total. The second-order valence-corrected chi connectivity index (χ2v) is 4.01.